The molecule has 2 fully saturated rings. The fourth-order valence-electron chi connectivity index (χ4n) is 5.32. The number of hydrogen-bond donors (Lipinski definition) is 0. The van der Waals surface area contributed by atoms with E-state index in [1.54, 1.807) is 0 Å². The van der Waals surface area contributed by atoms with Gasteiger partial charge in [0, 0.05) is 32.1 Å². The first-order chi connectivity index (χ1) is 16.6. The van der Waals surface area contributed by atoms with E-state index < -0.39 is 5.54 Å². The molecule has 4 aliphatic rings. The zero-order valence-corrected chi connectivity index (χ0v) is 20.5. The molecule has 2 saturated heterocycles. The summed E-state index contributed by atoms with van der Waals surface area (Å²) < 4.78 is 11.6. The topological polar surface area (TPSA) is 46.4 Å². The minimum Gasteiger partial charge on any atom is -0.381 e. The van der Waals surface area contributed by atoms with E-state index in [0.717, 1.165) is 70.3 Å². The Balaban J connectivity index is 1.48. The Morgan fingerprint density at radius 3 is 2.68 bits per heavy atom. The van der Waals surface area contributed by atoms with Crippen LogP contribution in [0.5, 0.6) is 0 Å². The van der Waals surface area contributed by atoms with E-state index in [9.17, 15) is 0 Å². The van der Waals surface area contributed by atoms with Crippen LogP contribution in [0.15, 0.2) is 70.7 Å². The highest BCUT2D eigenvalue weighted by Gasteiger charge is 2.36. The van der Waals surface area contributed by atoms with Crippen LogP contribution in [0.25, 0.3) is 5.57 Å². The minimum absolute atomic E-state index is 0.321. The van der Waals surface area contributed by atoms with Gasteiger partial charge in [-0.1, -0.05) is 67.6 Å². The average Bonchev–Trinajstić information content (AvgIpc) is 3.04. The number of benzene rings is 1. The molecule has 180 valence electrons. The summed E-state index contributed by atoms with van der Waals surface area (Å²) in [6.07, 6.45) is 15.2. The Morgan fingerprint density at radius 1 is 0.971 bits per heavy atom. The van der Waals surface area contributed by atoms with Crippen molar-refractivity contribution < 1.29 is 9.47 Å². The smallest absolute Gasteiger partial charge is 0.129 e. The van der Waals surface area contributed by atoms with E-state index in [-0.39, 0.29) is 0 Å². The van der Waals surface area contributed by atoms with Gasteiger partial charge in [-0.3, -0.25) is 4.99 Å². The van der Waals surface area contributed by atoms with Crippen LogP contribution < -0.4 is 0 Å². The predicted molar refractivity (Wildman–Crippen MR) is 139 cm³/mol. The highest BCUT2D eigenvalue weighted by atomic mass is 16.5. The number of rotatable bonds is 2. The van der Waals surface area contributed by atoms with Gasteiger partial charge in [-0.15, -0.1) is 0 Å². The molecule has 0 radical (unpaired) electrons. The second kappa shape index (κ2) is 10.4. The highest BCUT2D eigenvalue weighted by Crippen LogP contribution is 2.34. The second-order valence-corrected chi connectivity index (χ2v) is 10.2. The van der Waals surface area contributed by atoms with Crippen molar-refractivity contribution in [2.45, 2.75) is 51.1 Å². The number of amidine groups is 2. The average molecular weight is 460 g/mol. The number of aliphatic imine (C=N–C) groups is 2. The van der Waals surface area contributed by atoms with E-state index in [0.29, 0.717) is 17.9 Å². The van der Waals surface area contributed by atoms with Gasteiger partial charge in [0.05, 0.1) is 19.3 Å². The van der Waals surface area contributed by atoms with E-state index in [4.69, 9.17) is 19.5 Å². The molecule has 3 aliphatic heterocycles. The van der Waals surface area contributed by atoms with Crippen molar-refractivity contribution in [2.24, 2.45) is 21.8 Å². The Hall–Kier alpha value is -2.50. The van der Waals surface area contributed by atoms with E-state index in [1.807, 2.05) is 0 Å². The Morgan fingerprint density at radius 2 is 1.82 bits per heavy atom. The van der Waals surface area contributed by atoms with Crippen LogP contribution >= 0.6 is 0 Å². The number of nitrogens with zero attached hydrogens (tertiary/aromatic N) is 3. The summed E-state index contributed by atoms with van der Waals surface area (Å²) >= 11 is 0. The Labute approximate surface area is 204 Å². The van der Waals surface area contributed by atoms with Gasteiger partial charge >= 0.3 is 0 Å². The van der Waals surface area contributed by atoms with Crippen LogP contribution in [0, 0.1) is 11.8 Å². The monoisotopic (exact) mass is 459 g/mol. The van der Waals surface area contributed by atoms with Crippen molar-refractivity contribution in [2.75, 3.05) is 33.0 Å². The van der Waals surface area contributed by atoms with Gasteiger partial charge in [0.2, 0.25) is 0 Å². The highest BCUT2D eigenvalue weighted by molar-refractivity contribution is 6.01. The van der Waals surface area contributed by atoms with Crippen molar-refractivity contribution in [1.82, 2.24) is 4.90 Å². The molecule has 1 aromatic carbocycles. The summed E-state index contributed by atoms with van der Waals surface area (Å²) in [5.74, 6) is 3.06. The lowest BCUT2D eigenvalue weighted by molar-refractivity contribution is 0.0319. The third kappa shape index (κ3) is 5.26. The molecule has 0 saturated carbocycles. The Bertz CT molecular complexity index is 1010. The molecule has 34 heavy (non-hydrogen) atoms. The Kier molecular flexibility index (Phi) is 7.12. The molecule has 1 aliphatic carbocycles. The lowest BCUT2D eigenvalue weighted by Crippen LogP contribution is -2.50. The minimum atomic E-state index is -0.410. The van der Waals surface area contributed by atoms with Gasteiger partial charge < -0.3 is 14.4 Å². The molecule has 5 rings (SSSR count). The molecule has 2 unspecified atom stereocenters. The molecule has 0 amide bonds. The first kappa shape index (κ1) is 23.3. The van der Waals surface area contributed by atoms with Crippen LogP contribution in [0.1, 0.15) is 45.1 Å². The maximum Gasteiger partial charge on any atom is 0.129 e. The maximum absolute atomic E-state index is 5.92. The summed E-state index contributed by atoms with van der Waals surface area (Å²) in [6.45, 7) is 8.55. The summed E-state index contributed by atoms with van der Waals surface area (Å²) in [4.78, 5) is 13.0. The van der Waals surface area contributed by atoms with Crippen molar-refractivity contribution in [3.8, 4) is 0 Å². The summed E-state index contributed by atoms with van der Waals surface area (Å²) in [7, 11) is 0. The molecule has 1 aromatic rings. The van der Waals surface area contributed by atoms with Gasteiger partial charge in [-0.2, -0.15) is 0 Å². The van der Waals surface area contributed by atoms with Crippen LogP contribution in [0.3, 0.4) is 0 Å². The molecular weight excluding hydrogens is 422 g/mol. The SMILES string of the molecule is C[C@@H]1CCC(C2=NC3(C=CC=C(c4ccccc4)C=C3)CC(N3CCOC[C@@H]3C)=N2)CCOC1. The van der Waals surface area contributed by atoms with Gasteiger partial charge in [0.15, 0.2) is 0 Å². The first-order valence-electron chi connectivity index (χ1n) is 12.9. The van der Waals surface area contributed by atoms with Crippen molar-refractivity contribution >= 4 is 17.2 Å². The van der Waals surface area contributed by atoms with Crippen molar-refractivity contribution in [3.05, 3.63) is 66.3 Å². The fourth-order valence-corrected chi connectivity index (χ4v) is 5.32. The standard InChI is InChI=1S/C29H37N3O2/c1-22-10-11-26(13-17-33-20-22)28-30-27(32-16-18-34-21-23(32)2)19-29(31-28)14-6-9-25(12-15-29)24-7-4-3-5-8-24/h3-9,12,14-15,22-23,26H,10-11,13,16-21H2,1-2H3/t22-,23+,26?,29?/m1/s1. The van der Waals surface area contributed by atoms with E-state index in [1.165, 1.54) is 11.1 Å². The normalized spacial score (nSPS) is 32.4. The maximum atomic E-state index is 5.92. The predicted octanol–water partition coefficient (Wildman–Crippen LogP) is 5.31. The first-order valence-corrected chi connectivity index (χ1v) is 12.9. The van der Waals surface area contributed by atoms with Gasteiger partial charge in [-0.25, -0.2) is 4.99 Å². The molecule has 0 aromatic heterocycles. The molecule has 5 nitrogen and oxygen atoms in total. The molecular formula is C29H37N3O2. The van der Waals surface area contributed by atoms with Crippen LogP contribution in [-0.4, -0.2) is 61.1 Å². The number of allylic oxidation sites excluding steroid dienone is 4. The van der Waals surface area contributed by atoms with Gasteiger partial charge in [-0.05, 0) is 43.2 Å². The summed E-state index contributed by atoms with van der Waals surface area (Å²) in [5.41, 5.74) is 2.02. The molecule has 1 spiro atoms. The summed E-state index contributed by atoms with van der Waals surface area (Å²) in [5, 5.41) is 0. The number of ether oxygens (including phenoxy) is 2. The fraction of sp³-hybridized carbons (Fsp3) is 0.517. The van der Waals surface area contributed by atoms with Crippen molar-refractivity contribution in [3.63, 3.8) is 0 Å². The zero-order chi connectivity index (χ0) is 23.4. The van der Waals surface area contributed by atoms with Crippen molar-refractivity contribution in [1.29, 1.82) is 0 Å². The van der Waals surface area contributed by atoms with Gasteiger partial charge in [0.1, 0.15) is 17.2 Å². The number of hydrogen-bond acceptors (Lipinski definition) is 5. The lowest BCUT2D eigenvalue weighted by atomic mass is 9.88. The van der Waals surface area contributed by atoms with E-state index in [2.05, 4.69) is 79.5 Å². The molecule has 0 N–H and O–H groups in total. The molecule has 3 heterocycles. The van der Waals surface area contributed by atoms with Crippen LogP contribution in [-0.2, 0) is 9.47 Å². The lowest BCUT2D eigenvalue weighted by Gasteiger charge is -2.40. The van der Waals surface area contributed by atoms with Crippen LogP contribution in [0.4, 0.5) is 0 Å². The quantitative estimate of drug-likeness (QED) is 0.602. The van der Waals surface area contributed by atoms with Gasteiger partial charge in [0.25, 0.3) is 0 Å². The molecule has 5 heteroatoms. The zero-order valence-electron chi connectivity index (χ0n) is 20.5. The third-order valence-electron chi connectivity index (χ3n) is 7.41. The molecule has 4 atom stereocenters. The van der Waals surface area contributed by atoms with Crippen LogP contribution in [0.2, 0.25) is 0 Å². The second-order valence-electron chi connectivity index (χ2n) is 10.2. The number of morpholine rings is 1. The van der Waals surface area contributed by atoms with E-state index >= 15 is 0 Å². The largest absolute Gasteiger partial charge is 0.381 e. The summed E-state index contributed by atoms with van der Waals surface area (Å²) in [6, 6.07) is 10.9. The third-order valence-corrected chi connectivity index (χ3v) is 7.41. The molecule has 0 bridgehead atoms.